The van der Waals surface area contributed by atoms with Crippen molar-refractivity contribution in [3.05, 3.63) is 53.6 Å². The van der Waals surface area contributed by atoms with Gasteiger partial charge in [0.05, 0.1) is 5.56 Å². The number of benzene rings is 2. The molecule has 21 heavy (non-hydrogen) atoms. The number of carboxylic acids is 1. The Labute approximate surface area is 118 Å². The van der Waals surface area contributed by atoms with E-state index < -0.39 is 12.3 Å². The Hall–Kier alpha value is -2.50. The summed E-state index contributed by atoms with van der Waals surface area (Å²) in [6.07, 6.45) is -4.77. The SMILES string of the molecule is Cc1ccc(C(=O)O)cc1-c1cccc(OC(F)(F)F)c1. The van der Waals surface area contributed by atoms with Crippen LogP contribution in [0.15, 0.2) is 42.5 Å². The van der Waals surface area contributed by atoms with Crippen LogP contribution in [0, 0.1) is 6.92 Å². The van der Waals surface area contributed by atoms with Crippen molar-refractivity contribution >= 4 is 5.97 Å². The van der Waals surface area contributed by atoms with Gasteiger partial charge >= 0.3 is 12.3 Å². The molecule has 6 heteroatoms. The number of ether oxygens (including phenoxy) is 1. The Balaban J connectivity index is 2.45. The molecule has 0 radical (unpaired) electrons. The highest BCUT2D eigenvalue weighted by molar-refractivity contribution is 5.90. The first-order valence-electron chi connectivity index (χ1n) is 5.96. The molecule has 0 aliphatic carbocycles. The minimum absolute atomic E-state index is 0.0674. The number of hydrogen-bond donors (Lipinski definition) is 1. The minimum Gasteiger partial charge on any atom is -0.478 e. The van der Waals surface area contributed by atoms with Crippen LogP contribution < -0.4 is 4.74 Å². The molecule has 0 aromatic heterocycles. The highest BCUT2D eigenvalue weighted by Gasteiger charge is 2.31. The first kappa shape index (κ1) is 14.9. The smallest absolute Gasteiger partial charge is 0.478 e. The summed E-state index contributed by atoms with van der Waals surface area (Å²) in [5.74, 6) is -1.45. The predicted octanol–water partition coefficient (Wildman–Crippen LogP) is 4.26. The highest BCUT2D eigenvalue weighted by atomic mass is 19.4. The van der Waals surface area contributed by atoms with Gasteiger partial charge in [-0.3, -0.25) is 0 Å². The number of hydrogen-bond acceptors (Lipinski definition) is 2. The van der Waals surface area contributed by atoms with E-state index in [4.69, 9.17) is 5.11 Å². The fourth-order valence-corrected chi connectivity index (χ4v) is 1.93. The van der Waals surface area contributed by atoms with E-state index in [1.165, 1.54) is 30.3 Å². The standard InChI is InChI=1S/C15H11F3O3/c1-9-5-6-11(14(19)20)8-13(9)10-3-2-4-12(7-10)21-15(16,17)18/h2-8H,1H3,(H,19,20). The van der Waals surface area contributed by atoms with Crippen LogP contribution in [0.3, 0.4) is 0 Å². The molecule has 0 heterocycles. The number of rotatable bonds is 3. The molecule has 110 valence electrons. The van der Waals surface area contributed by atoms with E-state index in [1.54, 1.807) is 19.1 Å². The topological polar surface area (TPSA) is 46.5 Å². The molecule has 0 saturated carbocycles. The van der Waals surface area contributed by atoms with E-state index in [0.29, 0.717) is 11.1 Å². The first-order valence-corrected chi connectivity index (χ1v) is 5.96. The zero-order valence-electron chi connectivity index (χ0n) is 10.9. The molecular weight excluding hydrogens is 285 g/mol. The van der Waals surface area contributed by atoms with E-state index in [9.17, 15) is 18.0 Å². The number of aromatic carboxylic acids is 1. The maximum absolute atomic E-state index is 12.2. The summed E-state index contributed by atoms with van der Waals surface area (Å²) in [4.78, 5) is 11.0. The third-order valence-corrected chi connectivity index (χ3v) is 2.86. The lowest BCUT2D eigenvalue weighted by molar-refractivity contribution is -0.274. The summed E-state index contributed by atoms with van der Waals surface area (Å²) in [6.45, 7) is 1.75. The first-order chi connectivity index (χ1) is 9.76. The van der Waals surface area contributed by atoms with E-state index in [-0.39, 0.29) is 11.3 Å². The predicted molar refractivity (Wildman–Crippen MR) is 70.3 cm³/mol. The van der Waals surface area contributed by atoms with E-state index in [0.717, 1.165) is 5.56 Å². The van der Waals surface area contributed by atoms with Crippen molar-refractivity contribution < 1.29 is 27.8 Å². The molecule has 0 fully saturated rings. The van der Waals surface area contributed by atoms with E-state index >= 15 is 0 Å². The van der Waals surface area contributed by atoms with Crippen molar-refractivity contribution in [3.63, 3.8) is 0 Å². The Kier molecular flexibility index (Phi) is 3.88. The summed E-state index contributed by atoms with van der Waals surface area (Å²) in [6, 6.07) is 9.90. The summed E-state index contributed by atoms with van der Waals surface area (Å²) in [5.41, 5.74) is 1.82. The number of carbonyl (C=O) groups is 1. The van der Waals surface area contributed by atoms with Crippen molar-refractivity contribution in [3.8, 4) is 16.9 Å². The Morgan fingerprint density at radius 3 is 2.48 bits per heavy atom. The van der Waals surface area contributed by atoms with E-state index in [1.807, 2.05) is 0 Å². The molecule has 0 bridgehead atoms. The summed E-state index contributed by atoms with van der Waals surface area (Å²) in [5, 5.41) is 8.98. The molecule has 0 spiro atoms. The van der Waals surface area contributed by atoms with Gasteiger partial charge in [-0.25, -0.2) is 4.79 Å². The van der Waals surface area contributed by atoms with Gasteiger partial charge in [0.25, 0.3) is 0 Å². The molecule has 0 unspecified atom stereocenters. The van der Waals surface area contributed by atoms with Crippen molar-refractivity contribution in [2.75, 3.05) is 0 Å². The molecule has 0 aliphatic heterocycles. The molecule has 2 rings (SSSR count). The molecule has 0 atom stereocenters. The molecule has 0 saturated heterocycles. The average Bonchev–Trinajstić information content (AvgIpc) is 2.37. The number of aryl methyl sites for hydroxylation is 1. The van der Waals surface area contributed by atoms with Crippen LogP contribution in [0.2, 0.25) is 0 Å². The van der Waals surface area contributed by atoms with Crippen LogP contribution >= 0.6 is 0 Å². The van der Waals surface area contributed by atoms with Gasteiger partial charge in [-0.2, -0.15) is 0 Å². The number of halogens is 3. The second kappa shape index (κ2) is 5.47. The monoisotopic (exact) mass is 296 g/mol. The van der Waals surface area contributed by atoms with Crippen molar-refractivity contribution in [2.45, 2.75) is 13.3 Å². The molecular formula is C15H11F3O3. The van der Waals surface area contributed by atoms with Crippen molar-refractivity contribution in [2.24, 2.45) is 0 Å². The lowest BCUT2D eigenvalue weighted by Crippen LogP contribution is -2.17. The van der Waals surface area contributed by atoms with Crippen molar-refractivity contribution in [1.29, 1.82) is 0 Å². The maximum atomic E-state index is 12.2. The largest absolute Gasteiger partial charge is 0.573 e. The summed E-state index contributed by atoms with van der Waals surface area (Å²) >= 11 is 0. The summed E-state index contributed by atoms with van der Waals surface area (Å²) in [7, 11) is 0. The van der Waals surface area contributed by atoms with Crippen LogP contribution in [0.1, 0.15) is 15.9 Å². The summed E-state index contributed by atoms with van der Waals surface area (Å²) < 4.78 is 40.5. The van der Waals surface area contributed by atoms with Crippen LogP contribution in [0.4, 0.5) is 13.2 Å². The Morgan fingerprint density at radius 1 is 1.14 bits per heavy atom. The molecule has 3 nitrogen and oxygen atoms in total. The third-order valence-electron chi connectivity index (χ3n) is 2.86. The Bertz CT molecular complexity index is 678. The normalized spacial score (nSPS) is 11.2. The van der Waals surface area contributed by atoms with Crippen LogP contribution in [0.5, 0.6) is 5.75 Å². The van der Waals surface area contributed by atoms with Gasteiger partial charge in [0.2, 0.25) is 0 Å². The van der Waals surface area contributed by atoms with E-state index in [2.05, 4.69) is 4.74 Å². The van der Waals surface area contributed by atoms with Gasteiger partial charge in [-0.15, -0.1) is 13.2 Å². The number of carboxylic acid groups (broad SMARTS) is 1. The van der Waals surface area contributed by atoms with Crippen LogP contribution in [0.25, 0.3) is 11.1 Å². The maximum Gasteiger partial charge on any atom is 0.573 e. The molecule has 2 aromatic rings. The molecule has 0 aliphatic rings. The third kappa shape index (κ3) is 3.75. The van der Waals surface area contributed by atoms with Gasteiger partial charge in [-0.05, 0) is 47.9 Å². The van der Waals surface area contributed by atoms with Gasteiger partial charge in [0.1, 0.15) is 5.75 Å². The second-order valence-electron chi connectivity index (χ2n) is 4.41. The lowest BCUT2D eigenvalue weighted by atomic mass is 9.98. The quantitative estimate of drug-likeness (QED) is 0.920. The zero-order chi connectivity index (χ0) is 15.6. The second-order valence-corrected chi connectivity index (χ2v) is 4.41. The Morgan fingerprint density at radius 2 is 1.86 bits per heavy atom. The molecule has 0 amide bonds. The highest BCUT2D eigenvalue weighted by Crippen LogP contribution is 2.30. The van der Waals surface area contributed by atoms with Gasteiger partial charge in [0, 0.05) is 0 Å². The van der Waals surface area contributed by atoms with Crippen molar-refractivity contribution in [1.82, 2.24) is 0 Å². The average molecular weight is 296 g/mol. The fourth-order valence-electron chi connectivity index (χ4n) is 1.93. The zero-order valence-corrected chi connectivity index (χ0v) is 10.9. The van der Waals surface area contributed by atoms with Gasteiger partial charge < -0.3 is 9.84 Å². The van der Waals surface area contributed by atoms with Crippen LogP contribution in [-0.2, 0) is 0 Å². The molecule has 2 aromatic carbocycles. The van der Waals surface area contributed by atoms with Gasteiger partial charge in [0.15, 0.2) is 0 Å². The van der Waals surface area contributed by atoms with Gasteiger partial charge in [-0.1, -0.05) is 18.2 Å². The van der Waals surface area contributed by atoms with Crippen LogP contribution in [-0.4, -0.2) is 17.4 Å². The lowest BCUT2D eigenvalue weighted by Gasteiger charge is -2.11. The fraction of sp³-hybridized carbons (Fsp3) is 0.133. The minimum atomic E-state index is -4.77. The molecule has 1 N–H and O–H groups in total. The number of alkyl halides is 3.